The van der Waals surface area contributed by atoms with Gasteiger partial charge >= 0.3 is 6.03 Å². The summed E-state index contributed by atoms with van der Waals surface area (Å²) in [5.41, 5.74) is 0.365. The number of ether oxygens (including phenoxy) is 1. The lowest BCUT2D eigenvalue weighted by molar-refractivity contribution is -0.122. The van der Waals surface area contributed by atoms with Crippen molar-refractivity contribution in [2.45, 2.75) is 38.6 Å². The summed E-state index contributed by atoms with van der Waals surface area (Å²) in [6.07, 6.45) is 5.69. The van der Waals surface area contributed by atoms with Crippen LogP contribution in [-0.4, -0.2) is 30.9 Å². The highest BCUT2D eigenvalue weighted by Gasteiger charge is 2.42. The standard InChI is InChI=1S/C19H24N2O4/c1-12(16-9-13-6-7-14(16)8-13)20-19(24)21-18(23)11-25-17-5-3-2-4-15(17)10-22/h2-5,10,12-14,16H,6-9,11H2,1H3,(H2,20,21,23,24). The van der Waals surface area contributed by atoms with Crippen molar-refractivity contribution in [3.63, 3.8) is 0 Å². The highest BCUT2D eigenvalue weighted by atomic mass is 16.5. The molecule has 2 saturated carbocycles. The average molecular weight is 344 g/mol. The lowest BCUT2D eigenvalue weighted by atomic mass is 9.84. The smallest absolute Gasteiger partial charge is 0.321 e. The molecule has 2 fully saturated rings. The first kappa shape index (κ1) is 17.5. The fourth-order valence-corrected chi connectivity index (χ4v) is 4.27. The Bertz CT molecular complexity index is 661. The molecule has 2 bridgehead atoms. The van der Waals surface area contributed by atoms with Crippen molar-refractivity contribution in [1.82, 2.24) is 10.6 Å². The summed E-state index contributed by atoms with van der Waals surface area (Å²) in [4.78, 5) is 34.8. The Morgan fingerprint density at radius 1 is 1.28 bits per heavy atom. The van der Waals surface area contributed by atoms with Crippen LogP contribution in [0, 0.1) is 17.8 Å². The predicted molar refractivity (Wildman–Crippen MR) is 92.4 cm³/mol. The van der Waals surface area contributed by atoms with Crippen molar-refractivity contribution in [1.29, 1.82) is 0 Å². The van der Waals surface area contributed by atoms with Crippen LogP contribution in [0.5, 0.6) is 5.75 Å². The Morgan fingerprint density at radius 3 is 2.76 bits per heavy atom. The van der Waals surface area contributed by atoms with Crippen molar-refractivity contribution in [2.24, 2.45) is 17.8 Å². The summed E-state index contributed by atoms with van der Waals surface area (Å²) in [6, 6.07) is 6.19. The zero-order valence-corrected chi connectivity index (χ0v) is 14.4. The topological polar surface area (TPSA) is 84.5 Å². The number of hydrogen-bond acceptors (Lipinski definition) is 4. The fraction of sp³-hybridized carbons (Fsp3) is 0.526. The lowest BCUT2D eigenvalue weighted by Crippen LogP contribution is -2.48. The maximum atomic E-state index is 12.0. The Morgan fingerprint density at radius 2 is 2.08 bits per heavy atom. The number of amides is 3. The van der Waals surface area contributed by atoms with Crippen molar-refractivity contribution in [2.75, 3.05) is 6.61 Å². The largest absolute Gasteiger partial charge is 0.483 e. The minimum absolute atomic E-state index is 0.0554. The number of imide groups is 1. The molecule has 0 aliphatic heterocycles. The summed E-state index contributed by atoms with van der Waals surface area (Å²) < 4.78 is 5.31. The lowest BCUT2D eigenvalue weighted by Gasteiger charge is -2.28. The second-order valence-electron chi connectivity index (χ2n) is 7.09. The number of carbonyl (C=O) groups is 3. The van der Waals surface area contributed by atoms with Crippen LogP contribution in [-0.2, 0) is 4.79 Å². The molecule has 0 aromatic heterocycles. The number of fused-ring (bicyclic) bond motifs is 2. The fourth-order valence-electron chi connectivity index (χ4n) is 4.27. The molecule has 2 aliphatic rings. The molecular formula is C19H24N2O4. The van der Waals surface area contributed by atoms with Gasteiger partial charge in [-0.15, -0.1) is 0 Å². The molecule has 0 heterocycles. The van der Waals surface area contributed by atoms with Gasteiger partial charge in [-0.2, -0.15) is 0 Å². The van der Waals surface area contributed by atoms with Crippen molar-refractivity contribution in [3.05, 3.63) is 29.8 Å². The Balaban J connectivity index is 1.43. The van der Waals surface area contributed by atoms with Gasteiger partial charge in [-0.1, -0.05) is 18.6 Å². The molecule has 1 aromatic rings. The summed E-state index contributed by atoms with van der Waals surface area (Å²) in [6.45, 7) is 1.69. The first-order valence-electron chi connectivity index (χ1n) is 8.84. The quantitative estimate of drug-likeness (QED) is 0.777. The van der Waals surface area contributed by atoms with E-state index in [1.807, 2.05) is 6.92 Å². The van der Waals surface area contributed by atoms with E-state index in [0.717, 1.165) is 5.92 Å². The van der Waals surface area contributed by atoms with Gasteiger partial charge in [0.25, 0.3) is 5.91 Å². The molecule has 0 radical (unpaired) electrons. The molecule has 0 saturated heterocycles. The average Bonchev–Trinajstić information content (AvgIpc) is 3.23. The molecule has 25 heavy (non-hydrogen) atoms. The summed E-state index contributed by atoms with van der Waals surface area (Å²) in [5.74, 6) is 1.81. The molecule has 4 atom stereocenters. The van der Waals surface area contributed by atoms with Gasteiger partial charge in [0.15, 0.2) is 12.9 Å². The molecule has 6 nitrogen and oxygen atoms in total. The second kappa shape index (κ2) is 7.68. The number of urea groups is 1. The van der Waals surface area contributed by atoms with Crippen molar-refractivity contribution < 1.29 is 19.1 Å². The highest BCUT2D eigenvalue weighted by Crippen LogP contribution is 2.49. The number of carbonyl (C=O) groups excluding carboxylic acids is 3. The number of nitrogens with one attached hydrogen (secondary N) is 2. The Labute approximate surface area is 147 Å². The Hall–Kier alpha value is -2.37. The number of para-hydroxylation sites is 1. The van der Waals surface area contributed by atoms with Gasteiger partial charge in [-0.25, -0.2) is 4.79 Å². The molecule has 134 valence electrons. The second-order valence-corrected chi connectivity index (χ2v) is 7.09. The third-order valence-corrected chi connectivity index (χ3v) is 5.45. The van der Waals surface area contributed by atoms with E-state index in [1.54, 1.807) is 24.3 Å². The maximum absolute atomic E-state index is 12.0. The molecule has 4 unspecified atom stereocenters. The van der Waals surface area contributed by atoms with Gasteiger partial charge in [-0.3, -0.25) is 14.9 Å². The van der Waals surface area contributed by atoms with Gasteiger partial charge < -0.3 is 10.1 Å². The molecule has 2 aliphatic carbocycles. The van der Waals surface area contributed by atoms with Crippen molar-refractivity contribution in [3.8, 4) is 5.75 Å². The van der Waals surface area contributed by atoms with Crippen LogP contribution in [0.25, 0.3) is 0 Å². The zero-order chi connectivity index (χ0) is 17.8. The molecule has 2 N–H and O–H groups in total. The van der Waals surface area contributed by atoms with Crippen LogP contribution in [0.15, 0.2) is 24.3 Å². The van der Waals surface area contributed by atoms with Gasteiger partial charge in [0.05, 0.1) is 5.56 Å². The molecule has 3 rings (SSSR count). The van der Waals surface area contributed by atoms with E-state index in [2.05, 4.69) is 10.6 Å². The first-order chi connectivity index (χ1) is 12.1. The van der Waals surface area contributed by atoms with E-state index >= 15 is 0 Å². The summed E-state index contributed by atoms with van der Waals surface area (Å²) in [5, 5.41) is 5.16. The van der Waals surface area contributed by atoms with E-state index in [4.69, 9.17) is 4.74 Å². The van der Waals surface area contributed by atoms with Crippen LogP contribution in [0.4, 0.5) is 4.79 Å². The van der Waals surface area contributed by atoms with E-state index in [-0.39, 0.29) is 12.6 Å². The third kappa shape index (κ3) is 4.18. The minimum atomic E-state index is -0.543. The SMILES string of the molecule is CC(NC(=O)NC(=O)COc1ccccc1C=O)C1CC2CCC1C2. The van der Waals surface area contributed by atoms with Crippen LogP contribution in [0.2, 0.25) is 0 Å². The van der Waals surface area contributed by atoms with E-state index in [9.17, 15) is 14.4 Å². The summed E-state index contributed by atoms with van der Waals surface area (Å²) in [7, 11) is 0. The monoisotopic (exact) mass is 344 g/mol. The number of rotatable bonds is 6. The Kier molecular flexibility index (Phi) is 5.36. The third-order valence-electron chi connectivity index (χ3n) is 5.45. The van der Waals surface area contributed by atoms with Gasteiger partial charge in [0, 0.05) is 6.04 Å². The highest BCUT2D eigenvalue weighted by molar-refractivity contribution is 5.95. The van der Waals surface area contributed by atoms with Crippen LogP contribution in [0.3, 0.4) is 0 Å². The van der Waals surface area contributed by atoms with Gasteiger partial charge in [0.1, 0.15) is 5.75 Å². The van der Waals surface area contributed by atoms with Crippen LogP contribution in [0.1, 0.15) is 43.0 Å². The normalized spacial score (nSPS) is 25.2. The first-order valence-corrected chi connectivity index (χ1v) is 8.84. The molecular weight excluding hydrogens is 320 g/mol. The van der Waals surface area contributed by atoms with E-state index < -0.39 is 11.9 Å². The molecule has 6 heteroatoms. The minimum Gasteiger partial charge on any atom is -0.483 e. The van der Waals surface area contributed by atoms with E-state index in [1.165, 1.54) is 25.7 Å². The number of hydrogen-bond donors (Lipinski definition) is 2. The van der Waals surface area contributed by atoms with Gasteiger partial charge in [-0.05, 0) is 56.1 Å². The maximum Gasteiger partial charge on any atom is 0.321 e. The molecule has 0 spiro atoms. The van der Waals surface area contributed by atoms with E-state index in [0.29, 0.717) is 29.4 Å². The number of benzene rings is 1. The molecule has 1 aromatic carbocycles. The van der Waals surface area contributed by atoms with Gasteiger partial charge in [0.2, 0.25) is 0 Å². The van der Waals surface area contributed by atoms with Crippen molar-refractivity contribution >= 4 is 18.2 Å². The zero-order valence-electron chi connectivity index (χ0n) is 14.4. The predicted octanol–water partition coefficient (Wildman–Crippen LogP) is 2.53. The summed E-state index contributed by atoms with van der Waals surface area (Å²) >= 11 is 0. The van der Waals surface area contributed by atoms with Crippen LogP contribution < -0.4 is 15.4 Å². The van der Waals surface area contributed by atoms with Crippen LogP contribution >= 0.6 is 0 Å². The number of aldehydes is 1. The molecule has 3 amide bonds.